The molecule has 0 aromatic carbocycles. The van der Waals surface area contributed by atoms with Gasteiger partial charge in [-0.25, -0.2) is 4.98 Å². The van der Waals surface area contributed by atoms with E-state index in [-0.39, 0.29) is 11.1 Å². The van der Waals surface area contributed by atoms with Gasteiger partial charge in [-0.2, -0.15) is 10.5 Å². The maximum Gasteiger partial charge on any atom is 0.250 e. The maximum atomic E-state index is 10.7. The topological polar surface area (TPSA) is 116 Å². The standard InChI is InChI=1S/C10H7N5O/c11-3-7(4-12)5-14-9-2-1-8(6-15-9)10(13)16/h1-2,5-6H,(H2,13,16)(H,14,15). The summed E-state index contributed by atoms with van der Waals surface area (Å²) in [7, 11) is 0. The SMILES string of the molecule is N#CC(C#N)=CNc1ccc(C(N)=O)cn1. The Hall–Kier alpha value is -2.86. The number of carbonyl (C=O) groups excluding carboxylic acids is 1. The van der Waals surface area contributed by atoms with Crippen LogP contribution in [0.1, 0.15) is 10.4 Å². The van der Waals surface area contributed by atoms with E-state index in [2.05, 4.69) is 10.3 Å². The lowest BCUT2D eigenvalue weighted by molar-refractivity contribution is 0.1000. The highest BCUT2D eigenvalue weighted by molar-refractivity contribution is 5.92. The lowest BCUT2D eigenvalue weighted by Gasteiger charge is -1.99. The number of nitriles is 2. The third-order valence-electron chi connectivity index (χ3n) is 1.65. The highest BCUT2D eigenvalue weighted by Crippen LogP contribution is 2.05. The summed E-state index contributed by atoms with van der Waals surface area (Å²) in [5.41, 5.74) is 5.25. The van der Waals surface area contributed by atoms with Crippen LogP contribution in [0.15, 0.2) is 30.1 Å². The van der Waals surface area contributed by atoms with Crippen LogP contribution in [-0.2, 0) is 0 Å². The minimum Gasteiger partial charge on any atom is -0.366 e. The van der Waals surface area contributed by atoms with Crippen molar-refractivity contribution >= 4 is 11.7 Å². The van der Waals surface area contributed by atoms with E-state index in [0.717, 1.165) is 0 Å². The second-order valence-electron chi connectivity index (χ2n) is 2.72. The summed E-state index contributed by atoms with van der Waals surface area (Å²) in [6, 6.07) is 6.38. The number of aromatic nitrogens is 1. The number of anilines is 1. The average molecular weight is 213 g/mol. The predicted molar refractivity (Wildman–Crippen MR) is 55.7 cm³/mol. The summed E-state index contributed by atoms with van der Waals surface area (Å²) < 4.78 is 0. The highest BCUT2D eigenvalue weighted by Gasteiger charge is 2.00. The van der Waals surface area contributed by atoms with Crippen LogP contribution in [0.25, 0.3) is 0 Å². The number of nitrogens with one attached hydrogen (secondary N) is 1. The van der Waals surface area contributed by atoms with Crippen LogP contribution in [0, 0.1) is 22.7 Å². The summed E-state index contributed by atoms with van der Waals surface area (Å²) in [6.07, 6.45) is 2.53. The largest absolute Gasteiger partial charge is 0.366 e. The number of hydrogen-bond acceptors (Lipinski definition) is 5. The quantitative estimate of drug-likeness (QED) is 0.710. The summed E-state index contributed by atoms with van der Waals surface area (Å²) in [5, 5.41) is 19.6. The van der Waals surface area contributed by atoms with Gasteiger partial charge in [-0.3, -0.25) is 4.79 Å². The first-order chi connectivity index (χ1) is 7.67. The van der Waals surface area contributed by atoms with Gasteiger partial charge in [0.2, 0.25) is 5.91 Å². The number of carbonyl (C=O) groups is 1. The van der Waals surface area contributed by atoms with E-state index < -0.39 is 5.91 Å². The number of amides is 1. The highest BCUT2D eigenvalue weighted by atomic mass is 16.1. The van der Waals surface area contributed by atoms with Crippen molar-refractivity contribution in [3.05, 3.63) is 35.7 Å². The first-order valence-electron chi connectivity index (χ1n) is 4.20. The van der Waals surface area contributed by atoms with Crippen LogP contribution in [0.2, 0.25) is 0 Å². The Kier molecular flexibility index (Phi) is 3.59. The Balaban J connectivity index is 2.78. The van der Waals surface area contributed by atoms with Gasteiger partial charge in [0.25, 0.3) is 0 Å². The van der Waals surface area contributed by atoms with E-state index >= 15 is 0 Å². The van der Waals surface area contributed by atoms with Crippen molar-refractivity contribution in [2.75, 3.05) is 5.32 Å². The fourth-order valence-electron chi connectivity index (χ4n) is 0.861. The lowest BCUT2D eigenvalue weighted by Crippen LogP contribution is -2.11. The fraction of sp³-hybridized carbons (Fsp3) is 0. The zero-order valence-corrected chi connectivity index (χ0v) is 8.14. The number of allylic oxidation sites excluding steroid dienone is 1. The molecule has 1 rings (SSSR count). The molecule has 0 fully saturated rings. The number of hydrogen-bond donors (Lipinski definition) is 2. The second-order valence-corrected chi connectivity index (χ2v) is 2.72. The van der Waals surface area contributed by atoms with Crippen molar-refractivity contribution in [2.45, 2.75) is 0 Å². The predicted octanol–water partition coefficient (Wildman–Crippen LogP) is 0.523. The molecule has 6 heteroatoms. The van der Waals surface area contributed by atoms with Gasteiger partial charge in [-0.05, 0) is 12.1 Å². The van der Waals surface area contributed by atoms with Crippen LogP contribution in [-0.4, -0.2) is 10.9 Å². The molecule has 1 aromatic rings. The van der Waals surface area contributed by atoms with Gasteiger partial charge in [0.05, 0.1) is 5.56 Å². The van der Waals surface area contributed by atoms with E-state index in [1.807, 2.05) is 0 Å². The van der Waals surface area contributed by atoms with Gasteiger partial charge in [-0.15, -0.1) is 0 Å². The molecule has 78 valence electrons. The number of pyridine rings is 1. The summed E-state index contributed by atoms with van der Waals surface area (Å²) in [5.74, 6) is -0.155. The van der Waals surface area contributed by atoms with E-state index in [0.29, 0.717) is 5.82 Å². The third kappa shape index (κ3) is 2.82. The molecule has 0 unspecified atom stereocenters. The van der Waals surface area contributed by atoms with Crippen molar-refractivity contribution in [1.29, 1.82) is 10.5 Å². The minimum absolute atomic E-state index is 0.0687. The normalized spacial score (nSPS) is 8.38. The number of nitrogens with zero attached hydrogens (tertiary/aromatic N) is 3. The summed E-state index contributed by atoms with van der Waals surface area (Å²) in [4.78, 5) is 14.6. The molecule has 0 spiro atoms. The molecular weight excluding hydrogens is 206 g/mol. The van der Waals surface area contributed by atoms with Crippen LogP contribution >= 0.6 is 0 Å². The molecule has 0 aliphatic rings. The number of primary amides is 1. The van der Waals surface area contributed by atoms with Gasteiger partial charge < -0.3 is 11.1 Å². The van der Waals surface area contributed by atoms with Crippen molar-refractivity contribution in [2.24, 2.45) is 5.73 Å². The zero-order chi connectivity index (χ0) is 12.0. The molecule has 16 heavy (non-hydrogen) atoms. The Morgan fingerprint density at radius 2 is 2.12 bits per heavy atom. The van der Waals surface area contributed by atoms with Crippen molar-refractivity contribution < 1.29 is 4.79 Å². The van der Waals surface area contributed by atoms with Gasteiger partial charge >= 0.3 is 0 Å². The maximum absolute atomic E-state index is 10.7. The Labute approximate surface area is 91.6 Å². The molecule has 1 aromatic heterocycles. The van der Waals surface area contributed by atoms with Gasteiger partial charge in [-0.1, -0.05) is 0 Å². The molecule has 1 heterocycles. The van der Waals surface area contributed by atoms with Crippen molar-refractivity contribution in [1.82, 2.24) is 4.98 Å². The van der Waals surface area contributed by atoms with E-state index in [1.54, 1.807) is 12.1 Å². The molecule has 0 bridgehead atoms. The summed E-state index contributed by atoms with van der Waals surface area (Å²) in [6.45, 7) is 0. The molecule has 3 N–H and O–H groups in total. The lowest BCUT2D eigenvalue weighted by atomic mass is 10.3. The first-order valence-corrected chi connectivity index (χ1v) is 4.20. The van der Waals surface area contributed by atoms with E-state index in [9.17, 15) is 4.79 Å². The smallest absolute Gasteiger partial charge is 0.250 e. The Bertz CT molecular complexity index is 487. The molecule has 0 radical (unpaired) electrons. The molecule has 0 atom stereocenters. The number of nitrogens with two attached hydrogens (primary N) is 1. The van der Waals surface area contributed by atoms with Gasteiger partial charge in [0, 0.05) is 12.4 Å². The molecule has 1 amide bonds. The molecule has 0 saturated heterocycles. The fourth-order valence-corrected chi connectivity index (χ4v) is 0.861. The van der Waals surface area contributed by atoms with Crippen LogP contribution in [0.4, 0.5) is 5.82 Å². The minimum atomic E-state index is -0.565. The average Bonchev–Trinajstić information content (AvgIpc) is 2.31. The van der Waals surface area contributed by atoms with Crippen LogP contribution in [0.3, 0.4) is 0 Å². The summed E-state index contributed by atoms with van der Waals surface area (Å²) >= 11 is 0. The monoisotopic (exact) mass is 213 g/mol. The van der Waals surface area contributed by atoms with E-state index in [1.165, 1.54) is 24.5 Å². The molecule has 0 aliphatic heterocycles. The molecular formula is C10H7N5O. The van der Waals surface area contributed by atoms with E-state index in [4.69, 9.17) is 16.3 Å². The van der Waals surface area contributed by atoms with Gasteiger partial charge in [0.1, 0.15) is 23.5 Å². The van der Waals surface area contributed by atoms with Crippen molar-refractivity contribution in [3.8, 4) is 12.1 Å². The third-order valence-corrected chi connectivity index (χ3v) is 1.65. The zero-order valence-electron chi connectivity index (χ0n) is 8.14. The molecule has 0 saturated carbocycles. The molecule has 0 aliphatic carbocycles. The number of rotatable bonds is 3. The van der Waals surface area contributed by atoms with Crippen LogP contribution in [0.5, 0.6) is 0 Å². The first kappa shape index (κ1) is 11.2. The molecule has 6 nitrogen and oxygen atoms in total. The Morgan fingerprint density at radius 3 is 2.56 bits per heavy atom. The second kappa shape index (κ2) is 5.13. The Morgan fingerprint density at radius 1 is 1.44 bits per heavy atom. The van der Waals surface area contributed by atoms with Crippen LogP contribution < -0.4 is 11.1 Å². The van der Waals surface area contributed by atoms with Gasteiger partial charge in [0.15, 0.2) is 0 Å². The van der Waals surface area contributed by atoms with Crippen molar-refractivity contribution in [3.63, 3.8) is 0 Å².